The first kappa shape index (κ1) is 13.3. The number of alkyl carbamates (subject to hydrolysis) is 1. The minimum Gasteiger partial charge on any atom is -0.458 e. The summed E-state index contributed by atoms with van der Waals surface area (Å²) in [4.78, 5) is 31.7. The zero-order valence-electron chi connectivity index (χ0n) is 8.25. The molecule has 0 aromatic heterocycles. The second-order valence-electron chi connectivity index (χ2n) is 2.44. The van der Waals surface area contributed by atoms with Crippen LogP contribution in [0.3, 0.4) is 0 Å². The van der Waals surface area contributed by atoms with Crippen LogP contribution in [0.4, 0.5) is 9.18 Å². The third-order valence-electron chi connectivity index (χ3n) is 1.20. The van der Waals surface area contributed by atoms with Gasteiger partial charge in [0.25, 0.3) is 0 Å². The number of hydrogen-bond donors (Lipinski definition) is 1. The zero-order chi connectivity index (χ0) is 11.7. The van der Waals surface area contributed by atoms with Crippen LogP contribution in [0.2, 0.25) is 0 Å². The van der Waals surface area contributed by atoms with E-state index in [1.807, 2.05) is 0 Å². The number of Topliss-reactive ketones (excluding diaryl/α,β-unsaturated/α-hetero) is 1. The first-order valence-corrected chi connectivity index (χ1v) is 4.22. The number of ketones is 1. The Bertz CT molecular complexity index is 243. The van der Waals surface area contributed by atoms with Crippen molar-refractivity contribution in [2.75, 3.05) is 26.4 Å². The predicted octanol–water partition coefficient (Wildman–Crippen LogP) is -0.186. The minimum atomic E-state index is -0.964. The second-order valence-corrected chi connectivity index (χ2v) is 2.44. The maximum absolute atomic E-state index is 11.5. The molecule has 6 nitrogen and oxygen atoms in total. The molecular weight excluding hydrogens is 209 g/mol. The summed E-state index contributed by atoms with van der Waals surface area (Å²) in [7, 11) is 0. The van der Waals surface area contributed by atoms with E-state index in [1.165, 1.54) is 0 Å². The van der Waals surface area contributed by atoms with E-state index in [9.17, 15) is 18.8 Å². The molecule has 0 unspecified atom stereocenters. The van der Waals surface area contributed by atoms with Crippen LogP contribution >= 0.6 is 0 Å². The minimum absolute atomic E-state index is 0.00411. The number of nitrogens with one attached hydrogen (secondary N) is 1. The lowest BCUT2D eigenvalue weighted by molar-refractivity contribution is -0.152. The fraction of sp³-hybridized carbons (Fsp3) is 0.625. The average molecular weight is 221 g/mol. The van der Waals surface area contributed by atoms with Gasteiger partial charge in [0.1, 0.15) is 19.9 Å². The van der Waals surface area contributed by atoms with E-state index in [2.05, 4.69) is 14.8 Å². The van der Waals surface area contributed by atoms with Gasteiger partial charge in [-0.05, 0) is 0 Å². The predicted molar refractivity (Wildman–Crippen MR) is 47.0 cm³/mol. The molecule has 86 valence electrons. The summed E-state index contributed by atoms with van der Waals surface area (Å²) in [5.41, 5.74) is 0. The lowest BCUT2D eigenvalue weighted by Gasteiger charge is -2.05. The van der Waals surface area contributed by atoms with Crippen molar-refractivity contribution >= 4 is 17.8 Å². The van der Waals surface area contributed by atoms with E-state index < -0.39 is 24.5 Å². The molecular formula is C8H12FNO5. The molecule has 15 heavy (non-hydrogen) atoms. The molecule has 0 aliphatic heterocycles. The summed E-state index contributed by atoms with van der Waals surface area (Å²) in [5, 5.41) is 2.20. The van der Waals surface area contributed by atoms with E-state index in [-0.39, 0.29) is 19.8 Å². The Morgan fingerprint density at radius 3 is 2.40 bits per heavy atom. The SMILES string of the molecule is CC(=O)C(=O)OCCNC(=O)OCCF. The molecule has 0 spiro atoms. The maximum atomic E-state index is 11.5. The van der Waals surface area contributed by atoms with Crippen molar-refractivity contribution in [1.29, 1.82) is 0 Å². The standard InChI is InChI=1S/C8H12FNO5/c1-6(11)7(12)14-5-3-10-8(13)15-4-2-9/h2-5H2,1H3,(H,10,13). The fourth-order valence-corrected chi connectivity index (χ4v) is 0.581. The molecule has 1 N–H and O–H groups in total. The number of carbonyl (C=O) groups excluding carboxylic acids is 3. The number of esters is 1. The number of rotatable bonds is 6. The van der Waals surface area contributed by atoms with Crippen LogP contribution in [-0.2, 0) is 19.1 Å². The topological polar surface area (TPSA) is 81.7 Å². The van der Waals surface area contributed by atoms with Crippen LogP contribution in [-0.4, -0.2) is 44.3 Å². The van der Waals surface area contributed by atoms with Crippen molar-refractivity contribution in [1.82, 2.24) is 5.32 Å². The molecule has 1 amide bonds. The molecule has 0 radical (unpaired) electrons. The highest BCUT2D eigenvalue weighted by Crippen LogP contribution is 1.81. The summed E-state index contributed by atoms with van der Waals surface area (Å²) in [6.07, 6.45) is -0.800. The van der Waals surface area contributed by atoms with Crippen LogP contribution in [0.5, 0.6) is 0 Å². The molecule has 0 rings (SSSR count). The molecule has 0 aromatic rings. The molecule has 0 bridgehead atoms. The summed E-state index contributed by atoms with van der Waals surface area (Å²) in [6.45, 7) is -0.135. The Balaban J connectivity index is 3.42. The van der Waals surface area contributed by atoms with E-state index >= 15 is 0 Å². The van der Waals surface area contributed by atoms with Crippen LogP contribution in [0.25, 0.3) is 0 Å². The number of alkyl halides is 1. The highest BCUT2D eigenvalue weighted by Gasteiger charge is 2.08. The van der Waals surface area contributed by atoms with Gasteiger partial charge in [-0.25, -0.2) is 14.0 Å². The van der Waals surface area contributed by atoms with Gasteiger partial charge >= 0.3 is 12.1 Å². The highest BCUT2D eigenvalue weighted by atomic mass is 19.1. The van der Waals surface area contributed by atoms with Gasteiger partial charge in [-0.1, -0.05) is 0 Å². The normalized spacial score (nSPS) is 9.20. The van der Waals surface area contributed by atoms with Gasteiger partial charge in [0.05, 0.1) is 6.54 Å². The molecule has 0 aliphatic rings. The van der Waals surface area contributed by atoms with Crippen molar-refractivity contribution in [3.63, 3.8) is 0 Å². The van der Waals surface area contributed by atoms with Gasteiger partial charge in [-0.15, -0.1) is 0 Å². The number of halogens is 1. The molecule has 0 aromatic carbocycles. The van der Waals surface area contributed by atoms with Crippen LogP contribution in [0.15, 0.2) is 0 Å². The molecule has 7 heteroatoms. The van der Waals surface area contributed by atoms with Crippen molar-refractivity contribution in [2.24, 2.45) is 0 Å². The molecule has 0 atom stereocenters. The highest BCUT2D eigenvalue weighted by molar-refractivity contribution is 6.32. The number of ether oxygens (including phenoxy) is 2. The lowest BCUT2D eigenvalue weighted by Crippen LogP contribution is -2.29. The number of carbonyl (C=O) groups is 3. The molecule has 0 saturated carbocycles. The van der Waals surface area contributed by atoms with Gasteiger partial charge in [-0.3, -0.25) is 4.79 Å². The average Bonchev–Trinajstić information content (AvgIpc) is 2.20. The lowest BCUT2D eigenvalue weighted by atomic mass is 10.5. The van der Waals surface area contributed by atoms with Crippen molar-refractivity contribution < 1.29 is 28.2 Å². The van der Waals surface area contributed by atoms with Gasteiger partial charge in [0, 0.05) is 6.92 Å². The third-order valence-corrected chi connectivity index (χ3v) is 1.20. The van der Waals surface area contributed by atoms with Gasteiger partial charge < -0.3 is 14.8 Å². The van der Waals surface area contributed by atoms with Crippen molar-refractivity contribution in [3.8, 4) is 0 Å². The van der Waals surface area contributed by atoms with E-state index in [0.717, 1.165) is 6.92 Å². The van der Waals surface area contributed by atoms with Crippen LogP contribution < -0.4 is 5.32 Å². The van der Waals surface area contributed by atoms with Gasteiger partial charge in [0.15, 0.2) is 0 Å². The Morgan fingerprint density at radius 1 is 1.20 bits per heavy atom. The fourth-order valence-electron chi connectivity index (χ4n) is 0.581. The molecule has 0 heterocycles. The van der Waals surface area contributed by atoms with Crippen molar-refractivity contribution in [2.45, 2.75) is 6.92 Å². The molecule has 0 aliphatic carbocycles. The summed E-state index contributed by atoms with van der Waals surface area (Å²) < 4.78 is 20.3. The first-order chi connectivity index (χ1) is 7.07. The maximum Gasteiger partial charge on any atom is 0.407 e. The van der Waals surface area contributed by atoms with Crippen molar-refractivity contribution in [3.05, 3.63) is 0 Å². The Hall–Kier alpha value is -1.66. The smallest absolute Gasteiger partial charge is 0.407 e. The van der Waals surface area contributed by atoms with Crippen LogP contribution in [0, 0.1) is 0 Å². The zero-order valence-corrected chi connectivity index (χ0v) is 8.25. The summed E-state index contributed by atoms with van der Waals surface area (Å²) in [6, 6.07) is 0. The Labute approximate surface area is 85.7 Å². The Kier molecular flexibility index (Phi) is 6.86. The number of amides is 1. The quantitative estimate of drug-likeness (QED) is 0.382. The number of hydrogen-bond acceptors (Lipinski definition) is 5. The third kappa shape index (κ3) is 7.41. The first-order valence-electron chi connectivity index (χ1n) is 4.22. The summed E-state index contributed by atoms with van der Waals surface area (Å²) in [5.74, 6) is -1.68. The van der Waals surface area contributed by atoms with Gasteiger partial charge in [0.2, 0.25) is 5.78 Å². The Morgan fingerprint density at radius 2 is 1.87 bits per heavy atom. The molecule has 0 saturated heterocycles. The monoisotopic (exact) mass is 221 g/mol. The summed E-state index contributed by atoms with van der Waals surface area (Å²) >= 11 is 0. The van der Waals surface area contributed by atoms with E-state index in [1.54, 1.807) is 0 Å². The van der Waals surface area contributed by atoms with Crippen LogP contribution in [0.1, 0.15) is 6.92 Å². The van der Waals surface area contributed by atoms with Gasteiger partial charge in [-0.2, -0.15) is 0 Å². The van der Waals surface area contributed by atoms with E-state index in [0.29, 0.717) is 0 Å². The largest absolute Gasteiger partial charge is 0.458 e. The molecule has 0 fully saturated rings. The van der Waals surface area contributed by atoms with E-state index in [4.69, 9.17) is 0 Å². The second kappa shape index (κ2) is 7.72.